The number of carbonyl (C=O) groups excluding carboxylic acids is 1. The first-order valence-electron chi connectivity index (χ1n) is 9.45. The lowest BCUT2D eigenvalue weighted by atomic mass is 10.2. The van der Waals surface area contributed by atoms with Crippen LogP contribution in [-0.4, -0.2) is 64.1 Å². The Morgan fingerprint density at radius 3 is 2.79 bits per heavy atom. The van der Waals surface area contributed by atoms with Crippen LogP contribution < -0.4 is 20.7 Å². The smallest absolute Gasteiger partial charge is 0.222 e. The van der Waals surface area contributed by atoms with Gasteiger partial charge in [0.1, 0.15) is 11.9 Å². The second-order valence-corrected chi connectivity index (χ2v) is 9.27. The van der Waals surface area contributed by atoms with Gasteiger partial charge in [0.15, 0.2) is 15.8 Å². The van der Waals surface area contributed by atoms with Crippen LogP contribution in [0.3, 0.4) is 0 Å². The van der Waals surface area contributed by atoms with E-state index in [4.69, 9.17) is 4.74 Å². The monoisotopic (exact) mass is 410 g/mol. The average molecular weight is 411 g/mol. The molecule has 0 spiro atoms. The molecule has 2 rings (SSSR count). The molecule has 0 bridgehead atoms. The number of guanidine groups is 1. The maximum Gasteiger partial charge on any atom is 0.222 e. The molecular weight excluding hydrogens is 380 g/mol. The van der Waals surface area contributed by atoms with Gasteiger partial charge < -0.3 is 20.7 Å². The lowest BCUT2D eigenvalue weighted by Gasteiger charge is -2.18. The number of ether oxygens (including phenoxy) is 1. The van der Waals surface area contributed by atoms with E-state index in [1.165, 1.54) is 0 Å². The highest BCUT2D eigenvalue weighted by Crippen LogP contribution is 2.14. The van der Waals surface area contributed by atoms with Crippen molar-refractivity contribution in [1.82, 2.24) is 16.0 Å². The molecule has 1 heterocycles. The van der Waals surface area contributed by atoms with Crippen LogP contribution in [-0.2, 0) is 14.6 Å². The number of hydrogen-bond acceptors (Lipinski definition) is 5. The number of nitrogens with one attached hydrogen (secondary N) is 3. The van der Waals surface area contributed by atoms with Crippen LogP contribution >= 0.6 is 0 Å². The second kappa shape index (κ2) is 10.3. The summed E-state index contributed by atoms with van der Waals surface area (Å²) >= 11 is 0. The van der Waals surface area contributed by atoms with E-state index in [2.05, 4.69) is 20.9 Å². The minimum Gasteiger partial charge on any atom is -0.489 e. The molecule has 2 unspecified atom stereocenters. The fourth-order valence-electron chi connectivity index (χ4n) is 2.93. The molecule has 1 aromatic rings. The highest BCUT2D eigenvalue weighted by molar-refractivity contribution is 7.91. The number of benzene rings is 1. The third kappa shape index (κ3) is 7.75. The maximum absolute atomic E-state index is 12.0. The summed E-state index contributed by atoms with van der Waals surface area (Å²) in [6, 6.07) is 7.61. The van der Waals surface area contributed by atoms with Gasteiger partial charge in [-0.15, -0.1) is 0 Å². The molecule has 28 heavy (non-hydrogen) atoms. The fourth-order valence-corrected chi connectivity index (χ4v) is 4.60. The molecule has 8 nitrogen and oxygen atoms in total. The van der Waals surface area contributed by atoms with E-state index in [9.17, 15) is 13.2 Å². The summed E-state index contributed by atoms with van der Waals surface area (Å²) in [4.78, 5) is 16.1. The quantitative estimate of drug-likeness (QED) is 0.428. The van der Waals surface area contributed by atoms with Crippen molar-refractivity contribution >= 4 is 21.7 Å². The zero-order valence-corrected chi connectivity index (χ0v) is 17.5. The standard InChI is InChI=1S/C19H30N4O4S/c1-14-5-4-6-17(11-14)27-15(2)12-22-19(20-3)21-9-7-18(24)23-16-8-10-28(25,26)13-16/h4-6,11,15-16H,7-10,12-13H2,1-3H3,(H,23,24)(H2,20,21,22). The number of aryl methyl sites for hydroxylation is 1. The molecule has 156 valence electrons. The van der Waals surface area contributed by atoms with E-state index in [0.29, 0.717) is 25.5 Å². The number of nitrogens with zero attached hydrogens (tertiary/aromatic N) is 1. The Kier molecular flexibility index (Phi) is 8.10. The van der Waals surface area contributed by atoms with Crippen molar-refractivity contribution in [2.45, 2.75) is 38.8 Å². The Balaban J connectivity index is 1.65. The van der Waals surface area contributed by atoms with Crippen molar-refractivity contribution in [3.8, 4) is 5.75 Å². The predicted molar refractivity (Wildman–Crippen MR) is 110 cm³/mol. The zero-order chi connectivity index (χ0) is 20.6. The number of amides is 1. The largest absolute Gasteiger partial charge is 0.489 e. The first-order chi connectivity index (χ1) is 13.3. The first kappa shape index (κ1) is 22.0. The molecular formula is C19H30N4O4S. The van der Waals surface area contributed by atoms with Crippen LogP contribution in [0.4, 0.5) is 0 Å². The van der Waals surface area contributed by atoms with E-state index >= 15 is 0 Å². The topological polar surface area (TPSA) is 109 Å². The molecule has 2 atom stereocenters. The lowest BCUT2D eigenvalue weighted by molar-refractivity contribution is -0.121. The van der Waals surface area contributed by atoms with Crippen molar-refractivity contribution in [3.63, 3.8) is 0 Å². The summed E-state index contributed by atoms with van der Waals surface area (Å²) in [7, 11) is -1.33. The SMILES string of the molecule is CN=C(NCCC(=O)NC1CCS(=O)(=O)C1)NCC(C)Oc1cccc(C)c1. The number of aliphatic imine (C=N–C) groups is 1. The molecule has 0 radical (unpaired) electrons. The van der Waals surface area contributed by atoms with Crippen molar-refractivity contribution in [2.24, 2.45) is 4.99 Å². The molecule has 0 saturated carbocycles. The van der Waals surface area contributed by atoms with Crippen LogP contribution in [0.5, 0.6) is 5.75 Å². The lowest BCUT2D eigenvalue weighted by Crippen LogP contribution is -2.43. The summed E-state index contributed by atoms with van der Waals surface area (Å²) in [5.41, 5.74) is 1.14. The van der Waals surface area contributed by atoms with E-state index in [-0.39, 0.29) is 36.0 Å². The van der Waals surface area contributed by atoms with Crippen molar-refractivity contribution in [1.29, 1.82) is 0 Å². The molecule has 1 aliphatic rings. The van der Waals surface area contributed by atoms with Crippen molar-refractivity contribution in [3.05, 3.63) is 29.8 Å². The molecule has 1 aromatic carbocycles. The second-order valence-electron chi connectivity index (χ2n) is 7.04. The molecule has 9 heteroatoms. The van der Waals surface area contributed by atoms with Gasteiger partial charge >= 0.3 is 0 Å². The maximum atomic E-state index is 12.0. The van der Waals surface area contributed by atoms with Crippen LogP contribution in [0.1, 0.15) is 25.3 Å². The van der Waals surface area contributed by atoms with Crippen molar-refractivity contribution < 1.29 is 17.9 Å². The number of rotatable bonds is 8. The Hall–Kier alpha value is -2.29. The first-order valence-corrected chi connectivity index (χ1v) is 11.3. The van der Waals surface area contributed by atoms with Crippen molar-refractivity contribution in [2.75, 3.05) is 31.6 Å². The molecule has 3 N–H and O–H groups in total. The summed E-state index contributed by atoms with van der Waals surface area (Å²) in [6.07, 6.45) is 0.670. The van der Waals surface area contributed by atoms with E-state index in [1.807, 2.05) is 38.1 Å². The van der Waals surface area contributed by atoms with Gasteiger partial charge in [-0.2, -0.15) is 0 Å². The van der Waals surface area contributed by atoms with Crippen LogP contribution in [0, 0.1) is 6.92 Å². The molecule has 0 aliphatic carbocycles. The minimum atomic E-state index is -2.99. The predicted octanol–water partition coefficient (Wildman–Crippen LogP) is 0.621. The van der Waals surface area contributed by atoms with Gasteiger partial charge in [0.2, 0.25) is 5.91 Å². The summed E-state index contributed by atoms with van der Waals surface area (Å²) in [5, 5.41) is 9.01. The van der Waals surface area contributed by atoms with E-state index in [0.717, 1.165) is 11.3 Å². The number of carbonyl (C=O) groups is 1. The summed E-state index contributed by atoms with van der Waals surface area (Å²) < 4.78 is 28.7. The van der Waals surface area contributed by atoms with E-state index in [1.54, 1.807) is 7.05 Å². The van der Waals surface area contributed by atoms with Crippen LogP contribution in [0.2, 0.25) is 0 Å². The fraction of sp³-hybridized carbons (Fsp3) is 0.579. The average Bonchev–Trinajstić information content (AvgIpc) is 2.96. The van der Waals surface area contributed by atoms with Gasteiger partial charge in [0.05, 0.1) is 18.1 Å². The van der Waals surface area contributed by atoms with Gasteiger partial charge in [-0.3, -0.25) is 9.79 Å². The Morgan fingerprint density at radius 2 is 2.14 bits per heavy atom. The Bertz CT molecular complexity index is 795. The minimum absolute atomic E-state index is 0.0359. The Labute approximate surface area is 167 Å². The Morgan fingerprint density at radius 1 is 1.36 bits per heavy atom. The van der Waals surface area contributed by atoms with Gasteiger partial charge in [-0.1, -0.05) is 12.1 Å². The summed E-state index contributed by atoms with van der Waals surface area (Å²) in [6.45, 7) is 4.94. The van der Waals surface area contributed by atoms with Gasteiger partial charge in [0, 0.05) is 26.1 Å². The number of hydrogen-bond donors (Lipinski definition) is 3. The van der Waals surface area contributed by atoms with E-state index < -0.39 is 9.84 Å². The molecule has 0 aromatic heterocycles. The van der Waals surface area contributed by atoms with Crippen LogP contribution in [0.25, 0.3) is 0 Å². The van der Waals surface area contributed by atoms with Gasteiger partial charge in [-0.25, -0.2) is 8.42 Å². The van der Waals surface area contributed by atoms with Crippen LogP contribution in [0.15, 0.2) is 29.3 Å². The number of sulfone groups is 1. The normalized spacial score (nSPS) is 19.7. The highest BCUT2D eigenvalue weighted by Gasteiger charge is 2.28. The zero-order valence-electron chi connectivity index (χ0n) is 16.7. The molecule has 1 fully saturated rings. The molecule has 1 saturated heterocycles. The summed E-state index contributed by atoms with van der Waals surface area (Å²) in [5.74, 6) is 1.42. The molecule has 1 amide bonds. The van der Waals surface area contributed by atoms with Gasteiger partial charge in [-0.05, 0) is 38.0 Å². The highest BCUT2D eigenvalue weighted by atomic mass is 32.2. The molecule has 1 aliphatic heterocycles. The third-order valence-electron chi connectivity index (χ3n) is 4.35. The third-order valence-corrected chi connectivity index (χ3v) is 6.12. The van der Waals surface area contributed by atoms with Gasteiger partial charge in [0.25, 0.3) is 0 Å².